The maximum absolute atomic E-state index is 11.6. The van der Waals surface area contributed by atoms with Crippen molar-refractivity contribution in [1.29, 1.82) is 0 Å². The van der Waals surface area contributed by atoms with Crippen LogP contribution in [0.25, 0.3) is 0 Å². The van der Waals surface area contributed by atoms with Gasteiger partial charge in [0, 0.05) is 12.4 Å². The first-order valence-corrected chi connectivity index (χ1v) is 5.65. The van der Waals surface area contributed by atoms with Crippen molar-refractivity contribution in [3.05, 3.63) is 42.0 Å². The molecule has 0 fully saturated rings. The van der Waals surface area contributed by atoms with Gasteiger partial charge in [-0.2, -0.15) is 0 Å². The average molecular weight is 276 g/mol. The summed E-state index contributed by atoms with van der Waals surface area (Å²) in [6, 6.07) is 3.08. The second-order valence-electron chi connectivity index (χ2n) is 3.88. The molecule has 1 aromatic heterocycles. The minimum Gasteiger partial charge on any atom is -0.508 e. The van der Waals surface area contributed by atoms with Gasteiger partial charge in [-0.25, -0.2) is 14.6 Å². The monoisotopic (exact) mass is 276 g/mol. The highest BCUT2D eigenvalue weighted by atomic mass is 16.4. The molecule has 8 heteroatoms. The number of carbonyl (C=O) groups excluding carboxylic acids is 1. The van der Waals surface area contributed by atoms with Crippen molar-refractivity contribution in [1.82, 2.24) is 15.3 Å². The Bertz CT molecular complexity index is 624. The molecule has 0 aliphatic rings. The number of amides is 2. The highest BCUT2D eigenvalue weighted by molar-refractivity contribution is 6.00. The molecule has 0 saturated carbocycles. The van der Waals surface area contributed by atoms with Crippen LogP contribution in [0.15, 0.2) is 30.6 Å². The summed E-state index contributed by atoms with van der Waals surface area (Å²) in [6.07, 6.45) is 3.18. The van der Waals surface area contributed by atoms with Crippen molar-refractivity contribution in [2.45, 2.75) is 6.54 Å². The van der Waals surface area contributed by atoms with Crippen molar-refractivity contribution >= 4 is 17.7 Å². The second-order valence-corrected chi connectivity index (χ2v) is 3.88. The predicted molar refractivity (Wildman–Crippen MR) is 69.5 cm³/mol. The molecule has 0 unspecified atom stereocenters. The Hall–Kier alpha value is -3.03. The van der Waals surface area contributed by atoms with Crippen LogP contribution >= 0.6 is 0 Å². The number of aromatic carboxylic acids is 1. The molecule has 2 aromatic rings. The van der Waals surface area contributed by atoms with Crippen LogP contribution in [-0.2, 0) is 6.54 Å². The molecule has 0 radical (unpaired) electrons. The summed E-state index contributed by atoms with van der Waals surface area (Å²) in [4.78, 5) is 29.4. The van der Waals surface area contributed by atoms with E-state index in [0.29, 0.717) is 5.82 Å². The molecule has 1 aromatic carbocycles. The number of carbonyl (C=O) groups is 2. The Kier molecular flexibility index (Phi) is 3.85. The highest BCUT2D eigenvalue weighted by Gasteiger charge is 2.13. The number of urea groups is 1. The van der Waals surface area contributed by atoms with E-state index in [2.05, 4.69) is 20.6 Å². The third-order valence-corrected chi connectivity index (χ3v) is 2.45. The topological polar surface area (TPSA) is 127 Å². The van der Waals surface area contributed by atoms with E-state index in [1.54, 1.807) is 12.4 Å². The molecule has 5 N–H and O–H groups in total. The van der Waals surface area contributed by atoms with Crippen molar-refractivity contribution < 1.29 is 19.8 Å². The number of aromatic hydroxyl groups is 1. The lowest BCUT2D eigenvalue weighted by atomic mass is 10.1. The second kappa shape index (κ2) is 5.74. The van der Waals surface area contributed by atoms with Gasteiger partial charge in [0.15, 0.2) is 0 Å². The maximum Gasteiger partial charge on any atom is 0.337 e. The fourth-order valence-corrected chi connectivity index (χ4v) is 1.54. The van der Waals surface area contributed by atoms with Gasteiger partial charge in [-0.1, -0.05) is 0 Å². The number of nitrogens with one attached hydrogen (secondary N) is 3. The molecule has 0 atom stereocenters. The first-order valence-electron chi connectivity index (χ1n) is 5.65. The van der Waals surface area contributed by atoms with Crippen LogP contribution in [0.5, 0.6) is 5.75 Å². The number of imidazole rings is 1. The average Bonchev–Trinajstić information content (AvgIpc) is 2.91. The molecule has 0 spiro atoms. The summed E-state index contributed by atoms with van der Waals surface area (Å²) in [5.74, 6) is -0.865. The van der Waals surface area contributed by atoms with Gasteiger partial charge in [0.05, 0.1) is 17.8 Å². The van der Waals surface area contributed by atoms with E-state index in [-0.39, 0.29) is 23.5 Å². The van der Waals surface area contributed by atoms with Crippen molar-refractivity contribution in [2.75, 3.05) is 5.32 Å². The Morgan fingerprint density at radius 2 is 2.15 bits per heavy atom. The van der Waals surface area contributed by atoms with Crippen LogP contribution < -0.4 is 10.6 Å². The zero-order valence-electron chi connectivity index (χ0n) is 10.3. The summed E-state index contributed by atoms with van der Waals surface area (Å²) in [7, 11) is 0. The van der Waals surface area contributed by atoms with E-state index >= 15 is 0 Å². The highest BCUT2D eigenvalue weighted by Crippen LogP contribution is 2.21. The number of hydrogen-bond acceptors (Lipinski definition) is 4. The van der Waals surface area contributed by atoms with Crippen molar-refractivity contribution in [2.24, 2.45) is 0 Å². The minimum atomic E-state index is -1.25. The fourth-order valence-electron chi connectivity index (χ4n) is 1.54. The summed E-state index contributed by atoms with van der Waals surface area (Å²) < 4.78 is 0. The lowest BCUT2D eigenvalue weighted by Gasteiger charge is -2.09. The Morgan fingerprint density at radius 3 is 2.80 bits per heavy atom. The lowest BCUT2D eigenvalue weighted by molar-refractivity contribution is 0.0697. The van der Waals surface area contributed by atoms with Crippen molar-refractivity contribution in [3.63, 3.8) is 0 Å². The van der Waals surface area contributed by atoms with E-state index in [1.165, 1.54) is 12.1 Å². The quantitative estimate of drug-likeness (QED) is 0.535. The zero-order valence-corrected chi connectivity index (χ0v) is 10.3. The van der Waals surface area contributed by atoms with Crippen LogP contribution in [0.1, 0.15) is 16.2 Å². The number of carboxylic acids is 1. The van der Waals surface area contributed by atoms with E-state index in [4.69, 9.17) is 5.11 Å². The number of anilines is 1. The SMILES string of the molecule is O=C(NCc1ncc[nH]1)Nc1ccc(O)cc1C(=O)O. The molecule has 8 nitrogen and oxygen atoms in total. The first kappa shape index (κ1) is 13.4. The molecule has 2 amide bonds. The smallest absolute Gasteiger partial charge is 0.337 e. The van der Waals surface area contributed by atoms with Crippen LogP contribution in [0, 0.1) is 0 Å². The molecule has 0 saturated heterocycles. The van der Waals surface area contributed by atoms with E-state index in [9.17, 15) is 14.7 Å². The molecular weight excluding hydrogens is 264 g/mol. The van der Waals surface area contributed by atoms with Gasteiger partial charge in [-0.05, 0) is 18.2 Å². The number of phenolic OH excluding ortho intramolecular Hbond substituents is 1. The largest absolute Gasteiger partial charge is 0.508 e. The van der Waals surface area contributed by atoms with Gasteiger partial charge in [0.25, 0.3) is 0 Å². The van der Waals surface area contributed by atoms with Crippen molar-refractivity contribution in [3.8, 4) is 5.75 Å². The fraction of sp³-hybridized carbons (Fsp3) is 0.0833. The molecule has 0 aliphatic heterocycles. The van der Waals surface area contributed by atoms with Gasteiger partial charge in [0.2, 0.25) is 0 Å². The van der Waals surface area contributed by atoms with Crippen LogP contribution in [0.3, 0.4) is 0 Å². The summed E-state index contributed by atoms with van der Waals surface area (Å²) in [5, 5.41) is 23.1. The number of H-pyrrole nitrogens is 1. The maximum atomic E-state index is 11.6. The minimum absolute atomic E-state index is 0.0900. The summed E-state index contributed by atoms with van der Waals surface area (Å²) >= 11 is 0. The van der Waals surface area contributed by atoms with E-state index < -0.39 is 12.0 Å². The molecule has 0 bridgehead atoms. The number of aromatic nitrogens is 2. The van der Waals surface area contributed by atoms with Gasteiger partial charge in [-0.15, -0.1) is 0 Å². The Balaban J connectivity index is 2.02. The number of nitrogens with zero attached hydrogens (tertiary/aromatic N) is 1. The molecule has 1 heterocycles. The summed E-state index contributed by atoms with van der Waals surface area (Å²) in [6.45, 7) is 0.180. The number of phenols is 1. The molecule has 104 valence electrons. The normalized spacial score (nSPS) is 10.0. The number of rotatable bonds is 4. The number of aromatic amines is 1. The predicted octanol–water partition coefficient (Wildman–Crippen LogP) is 1.14. The van der Waals surface area contributed by atoms with Gasteiger partial charge in [-0.3, -0.25) is 0 Å². The van der Waals surface area contributed by atoms with Gasteiger partial charge < -0.3 is 25.8 Å². The Morgan fingerprint density at radius 1 is 1.35 bits per heavy atom. The van der Waals surface area contributed by atoms with Crippen LogP contribution in [-0.4, -0.2) is 32.2 Å². The van der Waals surface area contributed by atoms with Crippen LogP contribution in [0.2, 0.25) is 0 Å². The molecule has 2 rings (SSSR count). The van der Waals surface area contributed by atoms with E-state index in [1.807, 2.05) is 0 Å². The third kappa shape index (κ3) is 3.25. The van der Waals surface area contributed by atoms with Gasteiger partial charge >= 0.3 is 12.0 Å². The standard InChI is InChI=1S/C12H12N4O4/c17-7-1-2-9(8(5-7)11(18)19)16-12(20)15-6-10-13-3-4-14-10/h1-5,17H,6H2,(H,13,14)(H,18,19)(H2,15,16,20). The molecule has 0 aliphatic carbocycles. The first-order chi connectivity index (χ1) is 9.56. The van der Waals surface area contributed by atoms with E-state index in [0.717, 1.165) is 6.07 Å². The lowest BCUT2D eigenvalue weighted by Crippen LogP contribution is -2.29. The Labute approximate surface area is 113 Å². The van der Waals surface area contributed by atoms with Crippen LogP contribution in [0.4, 0.5) is 10.5 Å². The third-order valence-electron chi connectivity index (χ3n) is 2.45. The zero-order chi connectivity index (χ0) is 14.5. The van der Waals surface area contributed by atoms with Gasteiger partial charge in [0.1, 0.15) is 11.6 Å². The molecule has 20 heavy (non-hydrogen) atoms. The number of hydrogen-bond donors (Lipinski definition) is 5. The summed E-state index contributed by atoms with van der Waals surface area (Å²) in [5.41, 5.74) is -0.106. The number of carboxylic acid groups (broad SMARTS) is 1. The number of benzene rings is 1. The molecular formula is C12H12N4O4.